The third kappa shape index (κ3) is 4.58. The van der Waals surface area contributed by atoms with Crippen LogP contribution in [0.15, 0.2) is 72.8 Å². The monoisotopic (exact) mass is 436 g/mol. The molecule has 33 heavy (non-hydrogen) atoms. The summed E-state index contributed by atoms with van der Waals surface area (Å²) in [6, 6.07) is 24.5. The van der Waals surface area contributed by atoms with E-state index in [1.807, 2.05) is 49.4 Å². The molecule has 1 aromatic heterocycles. The second kappa shape index (κ2) is 9.02. The Morgan fingerprint density at radius 2 is 1.58 bits per heavy atom. The Bertz CT molecular complexity index is 1280. The molecule has 1 aliphatic rings. The third-order valence-corrected chi connectivity index (χ3v) is 6.35. The number of carbonyl (C=O) groups excluding carboxylic acids is 1. The maximum absolute atomic E-state index is 12.8. The Morgan fingerprint density at radius 1 is 0.879 bits per heavy atom. The molecule has 0 unspecified atom stereocenters. The topological polar surface area (TPSA) is 58.1 Å². The Balaban J connectivity index is 1.36. The summed E-state index contributed by atoms with van der Waals surface area (Å²) in [6.45, 7) is 5.66. The molecule has 0 radical (unpaired) electrons. The third-order valence-electron chi connectivity index (χ3n) is 6.35. The van der Waals surface area contributed by atoms with E-state index in [0.717, 1.165) is 59.7 Å². The van der Waals surface area contributed by atoms with Crippen molar-refractivity contribution in [3.05, 3.63) is 83.9 Å². The van der Waals surface area contributed by atoms with Crippen LogP contribution < -0.4 is 10.2 Å². The number of aromatic nitrogens is 2. The first kappa shape index (κ1) is 21.1. The number of amides is 1. The molecular weight excluding hydrogens is 408 g/mol. The molecule has 5 rings (SSSR count). The van der Waals surface area contributed by atoms with E-state index in [1.54, 1.807) is 0 Å². The number of aryl methyl sites for hydroxylation is 2. The highest BCUT2D eigenvalue weighted by Crippen LogP contribution is 2.30. The zero-order valence-electron chi connectivity index (χ0n) is 19.1. The Morgan fingerprint density at radius 3 is 2.30 bits per heavy atom. The standard InChI is InChI=1S/C28H28N4O/c1-19-8-11-23(12-9-19)29-27(33)22-14-16-32(17-15-22)28-30-25-13-10-20(2)18-24(25)26(31-28)21-6-4-3-5-7-21/h3-13,18,22H,14-17H2,1-2H3,(H,29,33). The second-order valence-corrected chi connectivity index (χ2v) is 8.88. The number of piperidine rings is 1. The van der Waals surface area contributed by atoms with Gasteiger partial charge in [0.25, 0.3) is 0 Å². The Hall–Kier alpha value is -3.73. The van der Waals surface area contributed by atoms with Gasteiger partial charge in [-0.2, -0.15) is 0 Å². The molecule has 166 valence electrons. The van der Waals surface area contributed by atoms with Gasteiger partial charge in [0.1, 0.15) is 0 Å². The minimum absolute atomic E-state index is 0.000692. The number of carbonyl (C=O) groups is 1. The van der Waals surface area contributed by atoms with E-state index in [2.05, 4.69) is 47.5 Å². The van der Waals surface area contributed by atoms with Crippen molar-refractivity contribution in [3.63, 3.8) is 0 Å². The average Bonchev–Trinajstić information content (AvgIpc) is 2.85. The molecule has 5 heteroatoms. The summed E-state index contributed by atoms with van der Waals surface area (Å²) in [7, 11) is 0. The molecule has 3 aromatic carbocycles. The van der Waals surface area contributed by atoms with Gasteiger partial charge in [0.05, 0.1) is 11.2 Å². The number of anilines is 2. The molecule has 1 fully saturated rings. The first-order valence-corrected chi connectivity index (χ1v) is 11.5. The highest BCUT2D eigenvalue weighted by molar-refractivity contribution is 5.94. The van der Waals surface area contributed by atoms with Crippen molar-refractivity contribution in [1.82, 2.24) is 9.97 Å². The van der Waals surface area contributed by atoms with Crippen LogP contribution in [-0.2, 0) is 4.79 Å². The number of fused-ring (bicyclic) bond motifs is 1. The SMILES string of the molecule is Cc1ccc(NC(=O)C2CCN(c3nc(-c4ccccc4)c4cc(C)ccc4n3)CC2)cc1. The van der Waals surface area contributed by atoms with E-state index in [9.17, 15) is 4.79 Å². The summed E-state index contributed by atoms with van der Waals surface area (Å²) in [5.74, 6) is 0.834. The van der Waals surface area contributed by atoms with Gasteiger partial charge < -0.3 is 10.2 Å². The summed E-state index contributed by atoms with van der Waals surface area (Å²) < 4.78 is 0. The average molecular weight is 437 g/mol. The van der Waals surface area contributed by atoms with Gasteiger partial charge in [-0.15, -0.1) is 0 Å². The Labute approximate surface area is 194 Å². The van der Waals surface area contributed by atoms with Gasteiger partial charge in [0.2, 0.25) is 11.9 Å². The molecule has 1 aliphatic heterocycles. The van der Waals surface area contributed by atoms with Crippen molar-refractivity contribution in [2.75, 3.05) is 23.3 Å². The van der Waals surface area contributed by atoms with Gasteiger partial charge in [0.15, 0.2) is 0 Å². The quantitative estimate of drug-likeness (QED) is 0.441. The van der Waals surface area contributed by atoms with Crippen molar-refractivity contribution in [2.45, 2.75) is 26.7 Å². The van der Waals surface area contributed by atoms with Crippen LogP contribution in [0.3, 0.4) is 0 Å². The fraction of sp³-hybridized carbons (Fsp3) is 0.250. The number of hydrogen-bond donors (Lipinski definition) is 1. The van der Waals surface area contributed by atoms with E-state index in [4.69, 9.17) is 9.97 Å². The van der Waals surface area contributed by atoms with Crippen LogP contribution in [0.2, 0.25) is 0 Å². The van der Waals surface area contributed by atoms with Gasteiger partial charge in [-0.3, -0.25) is 4.79 Å². The van der Waals surface area contributed by atoms with Crippen LogP contribution in [0.1, 0.15) is 24.0 Å². The molecule has 0 atom stereocenters. The van der Waals surface area contributed by atoms with Gasteiger partial charge in [-0.05, 0) is 51.0 Å². The molecule has 0 saturated carbocycles. The summed E-state index contributed by atoms with van der Waals surface area (Å²) in [5, 5.41) is 4.13. The number of nitrogens with one attached hydrogen (secondary N) is 1. The number of rotatable bonds is 4. The predicted molar refractivity (Wildman–Crippen MR) is 134 cm³/mol. The molecular formula is C28H28N4O. The minimum atomic E-state index is -0.000692. The normalized spacial score (nSPS) is 14.4. The van der Waals surface area contributed by atoms with Crippen LogP contribution in [0, 0.1) is 19.8 Å². The van der Waals surface area contributed by atoms with Crippen molar-refractivity contribution in [2.24, 2.45) is 5.92 Å². The molecule has 1 N–H and O–H groups in total. The predicted octanol–water partition coefficient (Wildman–Crippen LogP) is 5.77. The Kier molecular flexibility index (Phi) is 5.78. The van der Waals surface area contributed by atoms with Crippen LogP contribution in [-0.4, -0.2) is 29.0 Å². The molecule has 0 aliphatic carbocycles. The fourth-order valence-electron chi connectivity index (χ4n) is 4.41. The molecule has 0 spiro atoms. The van der Waals surface area contributed by atoms with E-state index >= 15 is 0 Å². The summed E-state index contributed by atoms with van der Waals surface area (Å²) in [4.78, 5) is 24.9. The van der Waals surface area contributed by atoms with Crippen LogP contribution >= 0.6 is 0 Å². The second-order valence-electron chi connectivity index (χ2n) is 8.88. The lowest BCUT2D eigenvalue weighted by Crippen LogP contribution is -2.39. The minimum Gasteiger partial charge on any atom is -0.341 e. The first-order chi connectivity index (χ1) is 16.1. The van der Waals surface area contributed by atoms with Crippen molar-refractivity contribution in [3.8, 4) is 11.3 Å². The van der Waals surface area contributed by atoms with Gasteiger partial charge in [-0.1, -0.05) is 59.7 Å². The molecule has 5 nitrogen and oxygen atoms in total. The van der Waals surface area contributed by atoms with E-state index < -0.39 is 0 Å². The van der Waals surface area contributed by atoms with Crippen LogP contribution in [0.25, 0.3) is 22.2 Å². The van der Waals surface area contributed by atoms with E-state index in [1.165, 1.54) is 11.1 Å². The van der Waals surface area contributed by atoms with E-state index in [0.29, 0.717) is 0 Å². The van der Waals surface area contributed by atoms with Crippen LogP contribution in [0.5, 0.6) is 0 Å². The maximum Gasteiger partial charge on any atom is 0.227 e. The molecule has 2 heterocycles. The summed E-state index contributed by atoms with van der Waals surface area (Å²) >= 11 is 0. The highest BCUT2D eigenvalue weighted by Gasteiger charge is 2.27. The lowest BCUT2D eigenvalue weighted by Gasteiger charge is -2.31. The smallest absolute Gasteiger partial charge is 0.227 e. The molecule has 1 amide bonds. The summed E-state index contributed by atoms with van der Waals surface area (Å²) in [6.07, 6.45) is 1.57. The number of hydrogen-bond acceptors (Lipinski definition) is 4. The van der Waals surface area contributed by atoms with Crippen molar-refractivity contribution >= 4 is 28.4 Å². The van der Waals surface area contributed by atoms with Gasteiger partial charge in [-0.25, -0.2) is 9.97 Å². The zero-order valence-corrected chi connectivity index (χ0v) is 19.1. The fourth-order valence-corrected chi connectivity index (χ4v) is 4.41. The zero-order chi connectivity index (χ0) is 22.8. The lowest BCUT2D eigenvalue weighted by atomic mass is 9.96. The number of benzene rings is 3. The summed E-state index contributed by atoms with van der Waals surface area (Å²) in [5.41, 5.74) is 6.22. The lowest BCUT2D eigenvalue weighted by molar-refractivity contribution is -0.120. The van der Waals surface area contributed by atoms with Gasteiger partial charge in [0, 0.05) is 35.6 Å². The first-order valence-electron chi connectivity index (χ1n) is 11.5. The van der Waals surface area contributed by atoms with Crippen molar-refractivity contribution < 1.29 is 4.79 Å². The maximum atomic E-state index is 12.8. The number of nitrogens with zero attached hydrogens (tertiary/aromatic N) is 3. The molecule has 1 saturated heterocycles. The largest absolute Gasteiger partial charge is 0.341 e. The van der Waals surface area contributed by atoms with Gasteiger partial charge >= 0.3 is 0 Å². The molecule has 4 aromatic rings. The van der Waals surface area contributed by atoms with E-state index in [-0.39, 0.29) is 11.8 Å². The van der Waals surface area contributed by atoms with Crippen LogP contribution in [0.4, 0.5) is 11.6 Å². The van der Waals surface area contributed by atoms with Crippen molar-refractivity contribution in [1.29, 1.82) is 0 Å². The molecule has 0 bridgehead atoms. The highest BCUT2D eigenvalue weighted by atomic mass is 16.1.